The Morgan fingerprint density at radius 1 is 0.947 bits per heavy atom. The number of nitrogens with zero attached hydrogens (tertiary/aromatic N) is 2. The number of carbonyl (C=O) groups excluding carboxylic acids is 2. The van der Waals surface area contributed by atoms with E-state index in [2.05, 4.69) is 60.8 Å². The first-order chi connectivity index (χ1) is 9.02. The Kier molecular flexibility index (Phi) is 9.37. The standard InChI is InChI=1S/C12H18.C2N2O2S/c1-9(2)11-6-5-7-12(8-11)10(3)4;5-1-3-7-4-2-6/h5-10H,1-4H3;. The number of rotatable bonds is 4. The SMILES string of the molecule is CC(C)c1cccc(C(C)C)c1.O=C=NSN=C=O. The molecule has 0 spiro atoms. The summed E-state index contributed by atoms with van der Waals surface area (Å²) in [5, 5.41) is 0. The van der Waals surface area contributed by atoms with Crippen LogP contribution in [0.15, 0.2) is 33.1 Å². The van der Waals surface area contributed by atoms with Gasteiger partial charge in [-0.2, -0.15) is 0 Å². The van der Waals surface area contributed by atoms with Gasteiger partial charge in [0.05, 0.1) is 0 Å². The maximum Gasteiger partial charge on any atom is 0.249 e. The van der Waals surface area contributed by atoms with Crippen molar-refractivity contribution in [2.75, 3.05) is 0 Å². The third-order valence-electron chi connectivity index (χ3n) is 2.40. The van der Waals surface area contributed by atoms with Gasteiger partial charge >= 0.3 is 0 Å². The molecule has 19 heavy (non-hydrogen) atoms. The van der Waals surface area contributed by atoms with Crippen molar-refractivity contribution in [2.45, 2.75) is 39.5 Å². The molecule has 1 rings (SSSR count). The molecule has 1 aromatic carbocycles. The smallest absolute Gasteiger partial charge is 0.210 e. The molecule has 0 saturated carbocycles. The van der Waals surface area contributed by atoms with Crippen molar-refractivity contribution in [2.24, 2.45) is 8.80 Å². The van der Waals surface area contributed by atoms with Gasteiger partial charge in [0.15, 0.2) is 0 Å². The molecule has 4 nitrogen and oxygen atoms in total. The highest BCUT2D eigenvalue weighted by Gasteiger charge is 2.02. The summed E-state index contributed by atoms with van der Waals surface area (Å²) in [5.74, 6) is 1.28. The Morgan fingerprint density at radius 3 is 1.68 bits per heavy atom. The molecule has 0 amide bonds. The Bertz CT molecular complexity index is 435. The Morgan fingerprint density at radius 2 is 1.37 bits per heavy atom. The fourth-order valence-corrected chi connectivity index (χ4v) is 1.44. The monoisotopic (exact) mass is 278 g/mol. The van der Waals surface area contributed by atoms with Crippen LogP contribution in [-0.2, 0) is 9.59 Å². The van der Waals surface area contributed by atoms with Crippen LogP contribution >= 0.6 is 12.1 Å². The van der Waals surface area contributed by atoms with E-state index < -0.39 is 0 Å². The molecule has 0 radical (unpaired) electrons. The van der Waals surface area contributed by atoms with Gasteiger partial charge in [-0.1, -0.05) is 52.0 Å². The number of benzene rings is 1. The summed E-state index contributed by atoms with van der Waals surface area (Å²) in [6.45, 7) is 8.94. The third kappa shape index (κ3) is 8.11. The van der Waals surface area contributed by atoms with Crippen LogP contribution in [0.25, 0.3) is 0 Å². The minimum absolute atomic E-state index is 0.456. The summed E-state index contributed by atoms with van der Waals surface area (Å²) >= 11 is 0.456. The van der Waals surface area contributed by atoms with Crippen LogP contribution in [0.3, 0.4) is 0 Å². The fraction of sp³-hybridized carbons (Fsp3) is 0.429. The first-order valence-electron chi connectivity index (χ1n) is 5.93. The van der Waals surface area contributed by atoms with Gasteiger partial charge in [-0.25, -0.2) is 9.59 Å². The van der Waals surface area contributed by atoms with Crippen LogP contribution in [0, 0.1) is 0 Å². The molecule has 0 N–H and O–H groups in total. The second-order valence-electron chi connectivity index (χ2n) is 4.43. The van der Waals surface area contributed by atoms with Crippen LogP contribution in [-0.4, -0.2) is 12.2 Å². The number of isocyanates is 2. The van der Waals surface area contributed by atoms with Crippen molar-refractivity contribution in [3.8, 4) is 0 Å². The van der Waals surface area contributed by atoms with Gasteiger partial charge < -0.3 is 0 Å². The topological polar surface area (TPSA) is 58.9 Å². The van der Waals surface area contributed by atoms with Crippen LogP contribution in [0.5, 0.6) is 0 Å². The summed E-state index contributed by atoms with van der Waals surface area (Å²) in [5.41, 5.74) is 2.89. The fourth-order valence-electron chi connectivity index (χ4n) is 1.33. The third-order valence-corrected chi connectivity index (χ3v) is 2.71. The van der Waals surface area contributed by atoms with E-state index in [4.69, 9.17) is 0 Å². The molecule has 0 bridgehead atoms. The zero-order valence-corrected chi connectivity index (χ0v) is 12.4. The molecule has 0 unspecified atom stereocenters. The molecule has 0 fully saturated rings. The second kappa shape index (κ2) is 10.3. The molecule has 0 aliphatic rings. The van der Waals surface area contributed by atoms with Gasteiger partial charge in [0, 0.05) is 0 Å². The first kappa shape index (κ1) is 17.3. The van der Waals surface area contributed by atoms with Crippen molar-refractivity contribution in [3.05, 3.63) is 35.4 Å². The van der Waals surface area contributed by atoms with Gasteiger partial charge in [0.1, 0.15) is 12.1 Å². The average molecular weight is 278 g/mol. The van der Waals surface area contributed by atoms with Gasteiger partial charge in [0.25, 0.3) is 0 Å². The summed E-state index contributed by atoms with van der Waals surface area (Å²) in [6.07, 6.45) is 2.34. The Labute approximate surface area is 118 Å². The highest BCUT2D eigenvalue weighted by Crippen LogP contribution is 2.20. The minimum atomic E-state index is 0.456. The molecular weight excluding hydrogens is 260 g/mol. The van der Waals surface area contributed by atoms with Gasteiger partial charge in [-0.05, 0) is 23.0 Å². The largest absolute Gasteiger partial charge is 0.249 e. The molecule has 1 aromatic rings. The summed E-state index contributed by atoms with van der Waals surface area (Å²) in [4.78, 5) is 18.4. The van der Waals surface area contributed by atoms with E-state index in [0.29, 0.717) is 24.0 Å². The predicted octanol–water partition coefficient (Wildman–Crippen LogP) is 4.15. The molecule has 0 aromatic heterocycles. The van der Waals surface area contributed by atoms with Gasteiger partial charge in [0.2, 0.25) is 12.2 Å². The lowest BCUT2D eigenvalue weighted by atomic mass is 9.96. The van der Waals surface area contributed by atoms with E-state index in [1.54, 1.807) is 0 Å². The molecular formula is C14H18N2O2S. The summed E-state index contributed by atoms with van der Waals surface area (Å²) in [7, 11) is 0. The quantitative estimate of drug-likeness (QED) is 0.472. The van der Waals surface area contributed by atoms with Gasteiger partial charge in [-0.3, -0.25) is 0 Å². The average Bonchev–Trinajstić information content (AvgIpc) is 2.40. The van der Waals surface area contributed by atoms with E-state index in [1.165, 1.54) is 23.3 Å². The van der Waals surface area contributed by atoms with Crippen molar-refractivity contribution in [1.29, 1.82) is 0 Å². The highest BCUT2D eigenvalue weighted by atomic mass is 32.2. The molecule has 102 valence electrons. The molecule has 0 aliphatic carbocycles. The molecule has 0 saturated heterocycles. The van der Waals surface area contributed by atoms with E-state index in [1.807, 2.05) is 0 Å². The zero-order chi connectivity index (χ0) is 14.7. The maximum absolute atomic E-state index is 9.18. The number of hydrogen-bond acceptors (Lipinski definition) is 5. The van der Waals surface area contributed by atoms with Gasteiger partial charge in [-0.15, -0.1) is 8.80 Å². The Balaban J connectivity index is 0.000000399. The highest BCUT2D eigenvalue weighted by molar-refractivity contribution is 7.96. The van der Waals surface area contributed by atoms with E-state index >= 15 is 0 Å². The molecule has 5 heteroatoms. The number of hydrogen-bond donors (Lipinski definition) is 0. The van der Waals surface area contributed by atoms with Crippen LogP contribution in [0.2, 0.25) is 0 Å². The molecule has 0 atom stereocenters. The predicted molar refractivity (Wildman–Crippen MR) is 78.5 cm³/mol. The Hall–Kier alpha value is -1.67. The second-order valence-corrected chi connectivity index (χ2v) is 4.95. The van der Waals surface area contributed by atoms with E-state index in [9.17, 15) is 9.59 Å². The molecule has 0 heterocycles. The van der Waals surface area contributed by atoms with Crippen molar-refractivity contribution < 1.29 is 9.59 Å². The maximum atomic E-state index is 9.18. The summed E-state index contributed by atoms with van der Waals surface area (Å²) in [6, 6.07) is 8.88. The van der Waals surface area contributed by atoms with Crippen LogP contribution < -0.4 is 0 Å². The minimum Gasteiger partial charge on any atom is -0.210 e. The van der Waals surface area contributed by atoms with E-state index in [-0.39, 0.29) is 0 Å². The summed E-state index contributed by atoms with van der Waals surface area (Å²) < 4.78 is 5.69. The van der Waals surface area contributed by atoms with Crippen LogP contribution in [0.1, 0.15) is 50.7 Å². The molecule has 0 aliphatic heterocycles. The normalized spacial score (nSPS) is 9.16. The van der Waals surface area contributed by atoms with Crippen molar-refractivity contribution in [1.82, 2.24) is 0 Å². The van der Waals surface area contributed by atoms with E-state index in [0.717, 1.165) is 0 Å². The van der Waals surface area contributed by atoms with Crippen molar-refractivity contribution >= 4 is 24.3 Å². The first-order valence-corrected chi connectivity index (χ1v) is 6.66. The lowest BCUT2D eigenvalue weighted by Crippen LogP contribution is -1.91. The van der Waals surface area contributed by atoms with Crippen molar-refractivity contribution in [3.63, 3.8) is 0 Å². The lowest BCUT2D eigenvalue weighted by molar-refractivity contribution is 0.566. The zero-order valence-electron chi connectivity index (χ0n) is 11.6. The lowest BCUT2D eigenvalue weighted by Gasteiger charge is -2.09. The van der Waals surface area contributed by atoms with Crippen LogP contribution in [0.4, 0.5) is 0 Å².